The van der Waals surface area contributed by atoms with Crippen LogP contribution in [0.1, 0.15) is 43.0 Å². The number of phenolic OH excluding ortho intramolecular Hbond substituents is 1. The molecule has 1 aliphatic rings. The molecule has 0 bridgehead atoms. The van der Waals surface area contributed by atoms with E-state index in [4.69, 9.17) is 5.26 Å². The fourth-order valence-electron chi connectivity index (χ4n) is 3.85. The number of aromatic hydroxyl groups is 1. The molecule has 0 fully saturated rings. The lowest BCUT2D eigenvalue weighted by Crippen LogP contribution is -2.58. The van der Waals surface area contributed by atoms with Crippen LogP contribution in [0.5, 0.6) is 5.75 Å². The number of nitriles is 1. The minimum absolute atomic E-state index is 0.0283. The molecule has 2 atom stereocenters. The van der Waals surface area contributed by atoms with Gasteiger partial charge in [0.1, 0.15) is 11.8 Å². The number of anilines is 1. The molecule has 0 spiro atoms. The molecule has 3 N–H and O–H groups in total. The zero-order valence-corrected chi connectivity index (χ0v) is 14.7. The van der Waals surface area contributed by atoms with Crippen molar-refractivity contribution >= 4 is 5.69 Å². The summed E-state index contributed by atoms with van der Waals surface area (Å²) in [6, 6.07) is 5.94. The number of halogens is 3. The van der Waals surface area contributed by atoms with E-state index in [0.717, 1.165) is 0 Å². The lowest BCUT2D eigenvalue weighted by Gasteiger charge is -2.49. The molecule has 1 heterocycles. The van der Waals surface area contributed by atoms with Crippen LogP contribution in [0.2, 0.25) is 0 Å². The molecule has 8 heteroatoms. The second kappa shape index (κ2) is 6.13. The summed E-state index contributed by atoms with van der Waals surface area (Å²) in [7, 11) is 0. The van der Waals surface area contributed by atoms with Gasteiger partial charge in [0.25, 0.3) is 0 Å². The summed E-state index contributed by atoms with van der Waals surface area (Å²) in [5, 5.41) is 33.1. The Hall–Kier alpha value is -2.79. The van der Waals surface area contributed by atoms with Crippen molar-refractivity contribution in [3.05, 3.63) is 53.3 Å². The van der Waals surface area contributed by atoms with Crippen molar-refractivity contribution in [1.82, 2.24) is 4.98 Å². The Morgan fingerprint density at radius 2 is 2.00 bits per heavy atom. The summed E-state index contributed by atoms with van der Waals surface area (Å²) < 4.78 is 41.8. The lowest BCUT2D eigenvalue weighted by molar-refractivity contribution is -0.275. The van der Waals surface area contributed by atoms with Crippen LogP contribution in [0.25, 0.3) is 0 Å². The largest absolute Gasteiger partial charge is 0.506 e. The number of benzene rings is 1. The van der Waals surface area contributed by atoms with Crippen LogP contribution < -0.4 is 5.32 Å². The molecule has 0 radical (unpaired) electrons. The number of hydrogen-bond acceptors (Lipinski definition) is 5. The number of rotatable bonds is 2. The number of aromatic nitrogens is 1. The molecule has 1 aromatic carbocycles. The van der Waals surface area contributed by atoms with Gasteiger partial charge in [-0.15, -0.1) is 0 Å². The first-order valence-corrected chi connectivity index (χ1v) is 8.23. The highest BCUT2D eigenvalue weighted by molar-refractivity contribution is 5.59. The van der Waals surface area contributed by atoms with Crippen molar-refractivity contribution in [1.29, 1.82) is 5.26 Å². The summed E-state index contributed by atoms with van der Waals surface area (Å²) >= 11 is 0. The van der Waals surface area contributed by atoms with Gasteiger partial charge in [-0.2, -0.15) is 18.4 Å². The molecule has 1 aromatic heterocycles. The topological polar surface area (TPSA) is 89.2 Å². The van der Waals surface area contributed by atoms with Gasteiger partial charge in [-0.05, 0) is 35.6 Å². The number of fused-ring (bicyclic) bond motifs is 1. The number of nitrogens with one attached hydrogen (secondary N) is 1. The third-order valence-electron chi connectivity index (χ3n) is 4.97. The van der Waals surface area contributed by atoms with Gasteiger partial charge in [0.05, 0.1) is 17.3 Å². The van der Waals surface area contributed by atoms with E-state index in [0.29, 0.717) is 5.69 Å². The second-order valence-electron chi connectivity index (χ2n) is 7.34. The Balaban J connectivity index is 2.26. The first-order chi connectivity index (χ1) is 12.5. The second-order valence-corrected chi connectivity index (χ2v) is 7.34. The number of alkyl halides is 3. The molecule has 142 valence electrons. The summed E-state index contributed by atoms with van der Waals surface area (Å²) in [5.41, 5.74) is -3.73. The molecule has 1 aliphatic carbocycles. The fourth-order valence-corrected chi connectivity index (χ4v) is 3.85. The molecular weight excluding hydrogens is 359 g/mol. The fraction of sp³-hybridized carbons (Fsp3) is 0.368. The Bertz CT molecular complexity index is 907. The number of pyridine rings is 1. The quantitative estimate of drug-likeness (QED) is 0.741. The van der Waals surface area contributed by atoms with Crippen molar-refractivity contribution in [2.75, 3.05) is 5.32 Å². The van der Waals surface area contributed by atoms with Gasteiger partial charge >= 0.3 is 6.18 Å². The highest BCUT2D eigenvalue weighted by atomic mass is 19.4. The van der Waals surface area contributed by atoms with E-state index in [1.54, 1.807) is 6.07 Å². The van der Waals surface area contributed by atoms with Gasteiger partial charge in [-0.3, -0.25) is 4.98 Å². The van der Waals surface area contributed by atoms with Gasteiger partial charge in [0.2, 0.25) is 0 Å². The SMILES string of the molecule is CC1(C)CC(O)(C(F)(F)F)C(Nc2cccnc2)c2ccc(C#N)c(O)c21. The van der Waals surface area contributed by atoms with Gasteiger partial charge in [0.15, 0.2) is 5.60 Å². The maximum Gasteiger partial charge on any atom is 0.419 e. The van der Waals surface area contributed by atoms with Crippen molar-refractivity contribution in [3.8, 4) is 11.8 Å². The minimum atomic E-state index is -4.93. The van der Waals surface area contributed by atoms with E-state index >= 15 is 0 Å². The van der Waals surface area contributed by atoms with Gasteiger partial charge in [-0.25, -0.2) is 0 Å². The normalized spacial score (nSPS) is 24.0. The van der Waals surface area contributed by atoms with Gasteiger partial charge < -0.3 is 15.5 Å². The number of phenols is 1. The Morgan fingerprint density at radius 3 is 2.56 bits per heavy atom. The highest BCUT2D eigenvalue weighted by Crippen LogP contribution is 2.56. The van der Waals surface area contributed by atoms with Crippen LogP contribution in [-0.4, -0.2) is 27.0 Å². The first kappa shape index (κ1) is 19.0. The van der Waals surface area contributed by atoms with Crippen LogP contribution in [0.4, 0.5) is 18.9 Å². The molecule has 0 aliphatic heterocycles. The third-order valence-corrected chi connectivity index (χ3v) is 4.97. The molecule has 0 amide bonds. The van der Waals surface area contributed by atoms with E-state index < -0.39 is 29.7 Å². The van der Waals surface area contributed by atoms with Crippen molar-refractivity contribution in [2.45, 2.75) is 43.5 Å². The Labute approximate surface area is 154 Å². The zero-order valence-electron chi connectivity index (χ0n) is 14.7. The highest BCUT2D eigenvalue weighted by Gasteiger charge is 2.64. The molecule has 3 rings (SSSR count). The van der Waals surface area contributed by atoms with E-state index in [1.807, 2.05) is 6.07 Å². The zero-order chi connectivity index (χ0) is 20.0. The summed E-state index contributed by atoms with van der Waals surface area (Å²) in [6.07, 6.45) is -2.79. The third kappa shape index (κ3) is 2.98. The van der Waals surface area contributed by atoms with E-state index in [2.05, 4.69) is 10.3 Å². The molecule has 2 unspecified atom stereocenters. The Kier molecular flexibility index (Phi) is 4.31. The average molecular weight is 377 g/mol. The summed E-state index contributed by atoms with van der Waals surface area (Å²) in [5.74, 6) is -0.359. The molecule has 0 saturated heterocycles. The maximum atomic E-state index is 13.9. The van der Waals surface area contributed by atoms with Crippen molar-refractivity contribution in [2.24, 2.45) is 0 Å². The molecular formula is C19H18F3N3O2. The molecule has 5 nitrogen and oxygen atoms in total. The van der Waals surface area contributed by atoms with Crippen LogP contribution in [-0.2, 0) is 5.41 Å². The van der Waals surface area contributed by atoms with E-state index in [-0.39, 0.29) is 22.4 Å². The number of aliphatic hydroxyl groups is 1. The molecule has 27 heavy (non-hydrogen) atoms. The van der Waals surface area contributed by atoms with Crippen LogP contribution >= 0.6 is 0 Å². The standard InChI is InChI=1S/C19H18F3N3O2/c1-17(2)10-18(27,19(20,21)22)16(25-12-4-3-7-24-9-12)13-6-5-11(8-23)15(26)14(13)17/h3-7,9,16,25-27H,10H2,1-2H3. The van der Waals surface area contributed by atoms with Crippen molar-refractivity contribution < 1.29 is 23.4 Å². The van der Waals surface area contributed by atoms with Crippen LogP contribution in [0, 0.1) is 11.3 Å². The van der Waals surface area contributed by atoms with E-state index in [1.165, 1.54) is 44.4 Å². The summed E-state index contributed by atoms with van der Waals surface area (Å²) in [4.78, 5) is 3.87. The number of nitrogens with zero attached hydrogens (tertiary/aromatic N) is 2. The van der Waals surface area contributed by atoms with Gasteiger partial charge in [0, 0.05) is 18.0 Å². The lowest BCUT2D eigenvalue weighted by atomic mass is 9.63. The molecule has 0 saturated carbocycles. The predicted molar refractivity (Wildman–Crippen MR) is 92.1 cm³/mol. The maximum absolute atomic E-state index is 13.9. The first-order valence-electron chi connectivity index (χ1n) is 8.23. The van der Waals surface area contributed by atoms with Gasteiger partial charge in [-0.1, -0.05) is 19.9 Å². The monoisotopic (exact) mass is 377 g/mol. The van der Waals surface area contributed by atoms with E-state index in [9.17, 15) is 23.4 Å². The minimum Gasteiger partial charge on any atom is -0.506 e. The smallest absolute Gasteiger partial charge is 0.419 e. The number of hydrogen-bond donors (Lipinski definition) is 3. The predicted octanol–water partition coefficient (Wildman–Crippen LogP) is 3.79. The van der Waals surface area contributed by atoms with Crippen LogP contribution in [0.15, 0.2) is 36.7 Å². The summed E-state index contributed by atoms with van der Waals surface area (Å²) in [6.45, 7) is 3.01. The van der Waals surface area contributed by atoms with Crippen molar-refractivity contribution in [3.63, 3.8) is 0 Å². The molecule has 2 aromatic rings. The van der Waals surface area contributed by atoms with Crippen LogP contribution in [0.3, 0.4) is 0 Å². The Morgan fingerprint density at radius 1 is 1.30 bits per heavy atom. The average Bonchev–Trinajstić information content (AvgIpc) is 2.57.